The summed E-state index contributed by atoms with van der Waals surface area (Å²) < 4.78 is 10.7. The third-order valence-corrected chi connectivity index (χ3v) is 2.81. The molecule has 1 rings (SSSR count). The lowest BCUT2D eigenvalue weighted by atomic mass is 10.1. The molecule has 0 radical (unpaired) electrons. The van der Waals surface area contributed by atoms with Crippen molar-refractivity contribution < 1.29 is 14.4 Å². The molecular formula is C13H16N2O4. The third kappa shape index (κ3) is 4.23. The molecule has 0 aliphatic rings. The zero-order valence-corrected chi connectivity index (χ0v) is 11.2. The number of hydrogen-bond donors (Lipinski definition) is 0. The zero-order chi connectivity index (χ0) is 14.5. The second kappa shape index (κ2) is 6.16. The van der Waals surface area contributed by atoms with E-state index in [0.29, 0.717) is 18.8 Å². The van der Waals surface area contributed by atoms with Gasteiger partial charge in [0.2, 0.25) is 0 Å². The van der Waals surface area contributed by atoms with Crippen LogP contribution in [0.2, 0.25) is 0 Å². The fraction of sp³-hybridized carbons (Fsp3) is 0.462. The van der Waals surface area contributed by atoms with Crippen molar-refractivity contribution in [3.8, 4) is 11.8 Å². The van der Waals surface area contributed by atoms with Crippen molar-refractivity contribution in [2.45, 2.75) is 25.9 Å². The minimum atomic E-state index is -0.543. The van der Waals surface area contributed by atoms with Crippen molar-refractivity contribution >= 4 is 5.69 Å². The van der Waals surface area contributed by atoms with Crippen LogP contribution in [0.1, 0.15) is 25.8 Å². The molecular weight excluding hydrogens is 248 g/mol. The summed E-state index contributed by atoms with van der Waals surface area (Å²) in [5.74, 6) is 0.347. The summed E-state index contributed by atoms with van der Waals surface area (Å²) in [6.45, 7) is 4.22. The van der Waals surface area contributed by atoms with Crippen molar-refractivity contribution in [3.05, 3.63) is 33.9 Å². The smallest absolute Gasteiger partial charge is 0.271 e. The average molecular weight is 264 g/mol. The SMILES string of the molecule is COC(C)(C)CCOc1ccc([N+](=O)[O-])cc1C#N. The van der Waals surface area contributed by atoms with Crippen molar-refractivity contribution in [3.63, 3.8) is 0 Å². The molecule has 19 heavy (non-hydrogen) atoms. The molecule has 0 aliphatic heterocycles. The number of benzene rings is 1. The number of methoxy groups -OCH3 is 1. The molecule has 0 atom stereocenters. The lowest BCUT2D eigenvalue weighted by Crippen LogP contribution is -2.25. The fourth-order valence-corrected chi connectivity index (χ4v) is 1.35. The predicted octanol–water partition coefficient (Wildman–Crippen LogP) is 2.66. The Morgan fingerprint density at radius 3 is 2.68 bits per heavy atom. The van der Waals surface area contributed by atoms with Gasteiger partial charge in [-0.1, -0.05) is 0 Å². The largest absolute Gasteiger partial charge is 0.492 e. The molecule has 0 fully saturated rings. The number of non-ortho nitro benzene ring substituents is 1. The Kier molecular flexibility index (Phi) is 4.84. The van der Waals surface area contributed by atoms with Crippen LogP contribution in [0, 0.1) is 21.4 Å². The molecule has 0 N–H and O–H groups in total. The molecule has 0 heterocycles. The van der Waals surface area contributed by atoms with Gasteiger partial charge in [-0.3, -0.25) is 10.1 Å². The summed E-state index contributed by atoms with van der Waals surface area (Å²) in [5.41, 5.74) is -0.279. The number of hydrogen-bond acceptors (Lipinski definition) is 5. The molecule has 0 amide bonds. The first kappa shape index (κ1) is 14.9. The number of nitro benzene ring substituents is 1. The number of nitro groups is 1. The van der Waals surface area contributed by atoms with E-state index in [4.69, 9.17) is 14.7 Å². The van der Waals surface area contributed by atoms with E-state index in [-0.39, 0.29) is 16.9 Å². The van der Waals surface area contributed by atoms with E-state index < -0.39 is 4.92 Å². The van der Waals surface area contributed by atoms with Gasteiger partial charge in [-0.15, -0.1) is 0 Å². The van der Waals surface area contributed by atoms with Crippen LogP contribution in [0.3, 0.4) is 0 Å². The van der Waals surface area contributed by atoms with Gasteiger partial charge in [-0.2, -0.15) is 5.26 Å². The first-order valence-corrected chi connectivity index (χ1v) is 5.76. The Bertz CT molecular complexity index is 506. The van der Waals surface area contributed by atoms with Gasteiger partial charge in [0.15, 0.2) is 0 Å². The second-order valence-electron chi connectivity index (χ2n) is 4.61. The minimum Gasteiger partial charge on any atom is -0.492 e. The molecule has 0 aromatic heterocycles. The molecule has 0 unspecified atom stereocenters. The van der Waals surface area contributed by atoms with Crippen LogP contribution in [0.5, 0.6) is 5.75 Å². The van der Waals surface area contributed by atoms with Crippen LogP contribution in [0.4, 0.5) is 5.69 Å². The molecule has 6 nitrogen and oxygen atoms in total. The van der Waals surface area contributed by atoms with Gasteiger partial charge < -0.3 is 9.47 Å². The molecule has 0 saturated heterocycles. The molecule has 6 heteroatoms. The third-order valence-electron chi connectivity index (χ3n) is 2.81. The zero-order valence-electron chi connectivity index (χ0n) is 11.2. The van der Waals surface area contributed by atoms with Gasteiger partial charge in [-0.25, -0.2) is 0 Å². The Hall–Kier alpha value is -2.13. The minimum absolute atomic E-state index is 0.124. The van der Waals surface area contributed by atoms with Gasteiger partial charge in [0.1, 0.15) is 17.4 Å². The van der Waals surface area contributed by atoms with Gasteiger partial charge in [0, 0.05) is 25.7 Å². The topological polar surface area (TPSA) is 85.4 Å². The first-order valence-electron chi connectivity index (χ1n) is 5.76. The highest BCUT2D eigenvalue weighted by Crippen LogP contribution is 2.24. The maximum Gasteiger partial charge on any atom is 0.271 e. The summed E-state index contributed by atoms with van der Waals surface area (Å²) in [5, 5.41) is 19.6. The van der Waals surface area contributed by atoms with Gasteiger partial charge in [0.05, 0.1) is 17.1 Å². The van der Waals surface area contributed by atoms with E-state index in [9.17, 15) is 10.1 Å². The van der Waals surface area contributed by atoms with Gasteiger partial charge in [0.25, 0.3) is 5.69 Å². The molecule has 0 bridgehead atoms. The molecule has 0 saturated carbocycles. The summed E-state index contributed by atoms with van der Waals surface area (Å²) in [6, 6.07) is 5.85. The van der Waals surface area contributed by atoms with Crippen LogP contribution in [-0.4, -0.2) is 24.2 Å². The quantitative estimate of drug-likeness (QED) is 0.582. The van der Waals surface area contributed by atoms with E-state index in [2.05, 4.69) is 0 Å². The maximum absolute atomic E-state index is 10.6. The van der Waals surface area contributed by atoms with Crippen molar-refractivity contribution in [2.75, 3.05) is 13.7 Å². The van der Waals surface area contributed by atoms with Gasteiger partial charge >= 0.3 is 0 Å². The molecule has 0 spiro atoms. The summed E-state index contributed by atoms with van der Waals surface area (Å²) in [6.07, 6.45) is 0.644. The number of nitrogens with zero attached hydrogens (tertiary/aromatic N) is 2. The van der Waals surface area contributed by atoms with Gasteiger partial charge in [-0.05, 0) is 19.9 Å². The number of rotatable bonds is 6. The van der Waals surface area contributed by atoms with Crippen LogP contribution in [0.25, 0.3) is 0 Å². The lowest BCUT2D eigenvalue weighted by molar-refractivity contribution is -0.384. The Balaban J connectivity index is 2.75. The Labute approximate surface area is 111 Å². The Morgan fingerprint density at radius 1 is 1.47 bits per heavy atom. The Morgan fingerprint density at radius 2 is 2.16 bits per heavy atom. The highest BCUT2D eigenvalue weighted by atomic mass is 16.6. The highest BCUT2D eigenvalue weighted by Gasteiger charge is 2.17. The maximum atomic E-state index is 10.6. The fourth-order valence-electron chi connectivity index (χ4n) is 1.35. The predicted molar refractivity (Wildman–Crippen MR) is 69.0 cm³/mol. The van der Waals surface area contributed by atoms with Crippen LogP contribution >= 0.6 is 0 Å². The molecule has 0 aliphatic carbocycles. The van der Waals surface area contributed by atoms with E-state index in [0.717, 1.165) is 0 Å². The standard InChI is InChI=1S/C13H16N2O4/c1-13(2,18-3)6-7-19-12-5-4-11(15(16)17)8-10(12)9-14/h4-5,8H,6-7H2,1-3H3. The lowest BCUT2D eigenvalue weighted by Gasteiger charge is -2.22. The molecule has 102 valence electrons. The summed E-state index contributed by atoms with van der Waals surface area (Å²) >= 11 is 0. The van der Waals surface area contributed by atoms with E-state index in [1.807, 2.05) is 19.9 Å². The highest BCUT2D eigenvalue weighted by molar-refractivity contribution is 5.50. The first-order chi connectivity index (χ1) is 8.89. The summed E-state index contributed by atoms with van der Waals surface area (Å²) in [4.78, 5) is 10.1. The number of ether oxygens (including phenoxy) is 2. The van der Waals surface area contributed by atoms with Crippen LogP contribution in [-0.2, 0) is 4.74 Å². The monoisotopic (exact) mass is 264 g/mol. The van der Waals surface area contributed by atoms with Crippen LogP contribution < -0.4 is 4.74 Å². The van der Waals surface area contributed by atoms with E-state index >= 15 is 0 Å². The average Bonchev–Trinajstić information content (AvgIpc) is 2.38. The normalized spacial score (nSPS) is 10.8. The van der Waals surface area contributed by atoms with E-state index in [1.165, 1.54) is 18.2 Å². The van der Waals surface area contributed by atoms with Crippen molar-refractivity contribution in [2.24, 2.45) is 0 Å². The van der Waals surface area contributed by atoms with E-state index in [1.54, 1.807) is 7.11 Å². The van der Waals surface area contributed by atoms with Crippen molar-refractivity contribution in [1.29, 1.82) is 5.26 Å². The van der Waals surface area contributed by atoms with Crippen LogP contribution in [0.15, 0.2) is 18.2 Å². The molecule has 1 aromatic carbocycles. The second-order valence-corrected chi connectivity index (χ2v) is 4.61. The number of nitriles is 1. The summed E-state index contributed by atoms with van der Waals surface area (Å²) in [7, 11) is 1.62. The molecule has 1 aromatic rings. The van der Waals surface area contributed by atoms with Crippen molar-refractivity contribution in [1.82, 2.24) is 0 Å².